The van der Waals surface area contributed by atoms with Crippen molar-refractivity contribution in [3.63, 3.8) is 0 Å². The van der Waals surface area contributed by atoms with Gasteiger partial charge in [-0.05, 0) is 54.3 Å². The number of hydrogen-bond donors (Lipinski definition) is 2. The number of hydrogen-bond acceptors (Lipinski definition) is 4. The number of aliphatic hydroxyl groups excluding tert-OH is 1. The van der Waals surface area contributed by atoms with E-state index in [1.807, 2.05) is 42.5 Å². The zero-order chi connectivity index (χ0) is 21.5. The highest BCUT2D eigenvalue weighted by atomic mass is 16.5. The zero-order valence-corrected chi connectivity index (χ0v) is 17.5. The van der Waals surface area contributed by atoms with Crippen LogP contribution in [0, 0.1) is 0 Å². The summed E-state index contributed by atoms with van der Waals surface area (Å²) in [5.74, 6) is 1.24. The third-order valence-electron chi connectivity index (χ3n) is 5.51. The molecule has 160 valence electrons. The van der Waals surface area contributed by atoms with E-state index < -0.39 is 0 Å². The van der Waals surface area contributed by atoms with E-state index in [0.29, 0.717) is 17.9 Å². The van der Waals surface area contributed by atoms with Crippen molar-refractivity contribution in [1.82, 2.24) is 10.2 Å². The summed E-state index contributed by atoms with van der Waals surface area (Å²) in [6.07, 6.45) is 1.55. The molecular formula is C26H28N2O3. The van der Waals surface area contributed by atoms with E-state index >= 15 is 0 Å². The minimum Gasteiger partial charge on any atom is -0.457 e. The van der Waals surface area contributed by atoms with Crippen molar-refractivity contribution in [2.75, 3.05) is 13.1 Å². The molecule has 0 radical (unpaired) electrons. The van der Waals surface area contributed by atoms with Crippen LogP contribution in [0.15, 0.2) is 78.9 Å². The van der Waals surface area contributed by atoms with Crippen LogP contribution in [0.4, 0.5) is 0 Å². The fourth-order valence-corrected chi connectivity index (χ4v) is 3.71. The first-order chi connectivity index (χ1) is 15.2. The van der Waals surface area contributed by atoms with Crippen LogP contribution >= 0.6 is 0 Å². The molecule has 0 saturated carbocycles. The van der Waals surface area contributed by atoms with Crippen LogP contribution in [0.25, 0.3) is 0 Å². The summed E-state index contributed by atoms with van der Waals surface area (Å²) in [7, 11) is 0. The monoisotopic (exact) mass is 416 g/mol. The van der Waals surface area contributed by atoms with Crippen LogP contribution in [0.3, 0.4) is 0 Å². The van der Waals surface area contributed by atoms with E-state index in [0.717, 1.165) is 43.8 Å². The Morgan fingerprint density at radius 2 is 1.58 bits per heavy atom. The Kier molecular flexibility index (Phi) is 6.97. The fraction of sp³-hybridized carbons (Fsp3) is 0.269. The Bertz CT molecular complexity index is 981. The molecule has 1 saturated heterocycles. The van der Waals surface area contributed by atoms with Crippen LogP contribution in [0.2, 0.25) is 0 Å². The molecule has 5 heteroatoms. The maximum atomic E-state index is 12.6. The Hall–Kier alpha value is -3.15. The van der Waals surface area contributed by atoms with Crippen LogP contribution in [0.1, 0.15) is 34.3 Å². The Balaban J connectivity index is 1.29. The quantitative estimate of drug-likeness (QED) is 0.601. The van der Waals surface area contributed by atoms with Crippen molar-refractivity contribution in [2.45, 2.75) is 32.0 Å². The molecular weight excluding hydrogens is 388 g/mol. The molecule has 2 N–H and O–H groups in total. The molecule has 1 amide bonds. The number of likely N-dealkylation sites (tertiary alicyclic amines) is 1. The molecule has 0 atom stereocenters. The van der Waals surface area contributed by atoms with Gasteiger partial charge in [-0.15, -0.1) is 0 Å². The SMILES string of the molecule is O=C(NCc1ccc(CN2CCC(O)CC2)cc1)c1cccc(Oc2ccccc2)c1. The average molecular weight is 417 g/mol. The van der Waals surface area contributed by atoms with Crippen molar-refractivity contribution in [3.05, 3.63) is 95.6 Å². The highest BCUT2D eigenvalue weighted by Crippen LogP contribution is 2.22. The molecule has 1 heterocycles. The number of nitrogens with zero attached hydrogens (tertiary/aromatic N) is 1. The predicted octanol–water partition coefficient (Wildman–Crippen LogP) is 4.37. The average Bonchev–Trinajstić information content (AvgIpc) is 2.81. The van der Waals surface area contributed by atoms with E-state index in [4.69, 9.17) is 4.74 Å². The summed E-state index contributed by atoms with van der Waals surface area (Å²) in [5, 5.41) is 12.6. The number of ether oxygens (including phenoxy) is 1. The number of carbonyl (C=O) groups excluding carboxylic acids is 1. The third-order valence-corrected chi connectivity index (χ3v) is 5.51. The highest BCUT2D eigenvalue weighted by molar-refractivity contribution is 5.94. The van der Waals surface area contributed by atoms with E-state index in [2.05, 4.69) is 34.5 Å². The molecule has 31 heavy (non-hydrogen) atoms. The fourth-order valence-electron chi connectivity index (χ4n) is 3.71. The summed E-state index contributed by atoms with van der Waals surface area (Å²) in [4.78, 5) is 15.0. The Labute approximate surface area is 183 Å². The summed E-state index contributed by atoms with van der Waals surface area (Å²) in [6, 6.07) is 25.1. The van der Waals surface area contributed by atoms with E-state index in [1.54, 1.807) is 12.1 Å². The van der Waals surface area contributed by atoms with Crippen molar-refractivity contribution < 1.29 is 14.6 Å². The van der Waals surface area contributed by atoms with E-state index in [1.165, 1.54) is 5.56 Å². The summed E-state index contributed by atoms with van der Waals surface area (Å²) >= 11 is 0. The van der Waals surface area contributed by atoms with Crippen molar-refractivity contribution >= 4 is 5.91 Å². The second kappa shape index (κ2) is 10.2. The van der Waals surface area contributed by atoms with Gasteiger partial charge in [-0.1, -0.05) is 48.5 Å². The van der Waals surface area contributed by atoms with Gasteiger partial charge in [0.1, 0.15) is 11.5 Å². The highest BCUT2D eigenvalue weighted by Gasteiger charge is 2.16. The Morgan fingerprint density at radius 3 is 2.32 bits per heavy atom. The summed E-state index contributed by atoms with van der Waals surface area (Å²) in [6.45, 7) is 3.24. The molecule has 0 aliphatic carbocycles. The first kappa shape index (κ1) is 21.1. The second-order valence-electron chi connectivity index (χ2n) is 7.95. The van der Waals surface area contributed by atoms with Gasteiger partial charge < -0.3 is 15.2 Å². The summed E-state index contributed by atoms with van der Waals surface area (Å²) < 4.78 is 5.82. The van der Waals surface area contributed by atoms with Crippen molar-refractivity contribution in [3.8, 4) is 11.5 Å². The van der Waals surface area contributed by atoms with Gasteiger partial charge >= 0.3 is 0 Å². The largest absolute Gasteiger partial charge is 0.457 e. The smallest absolute Gasteiger partial charge is 0.251 e. The standard InChI is InChI=1S/C26H28N2O3/c29-23-13-15-28(16-14-23)19-21-11-9-20(10-12-21)18-27-26(30)22-5-4-8-25(17-22)31-24-6-2-1-3-7-24/h1-12,17,23,29H,13-16,18-19H2,(H,27,30). The van der Waals surface area contributed by atoms with E-state index in [9.17, 15) is 9.90 Å². The van der Waals surface area contributed by atoms with Gasteiger partial charge in [0.2, 0.25) is 0 Å². The van der Waals surface area contributed by atoms with Crippen molar-refractivity contribution in [2.24, 2.45) is 0 Å². The van der Waals surface area contributed by atoms with Gasteiger partial charge in [0.25, 0.3) is 5.91 Å². The first-order valence-corrected chi connectivity index (χ1v) is 10.7. The lowest BCUT2D eigenvalue weighted by Gasteiger charge is -2.29. The first-order valence-electron chi connectivity index (χ1n) is 10.7. The summed E-state index contributed by atoms with van der Waals surface area (Å²) in [5.41, 5.74) is 2.87. The maximum Gasteiger partial charge on any atom is 0.251 e. The lowest BCUT2D eigenvalue weighted by Crippen LogP contribution is -2.35. The van der Waals surface area contributed by atoms with Crippen molar-refractivity contribution in [1.29, 1.82) is 0 Å². The minimum atomic E-state index is -0.146. The minimum absolute atomic E-state index is 0.130. The number of piperidine rings is 1. The van der Waals surface area contributed by atoms with Gasteiger partial charge in [-0.2, -0.15) is 0 Å². The number of aliphatic hydroxyl groups is 1. The van der Waals surface area contributed by atoms with Gasteiger partial charge in [0, 0.05) is 31.7 Å². The van der Waals surface area contributed by atoms with Crippen LogP contribution < -0.4 is 10.1 Å². The number of nitrogens with one attached hydrogen (secondary N) is 1. The molecule has 1 aliphatic rings. The molecule has 0 spiro atoms. The Morgan fingerprint density at radius 1 is 0.903 bits per heavy atom. The maximum absolute atomic E-state index is 12.6. The van der Waals surface area contributed by atoms with Gasteiger partial charge in [-0.3, -0.25) is 9.69 Å². The molecule has 5 nitrogen and oxygen atoms in total. The van der Waals surface area contributed by atoms with Crippen LogP contribution in [-0.2, 0) is 13.1 Å². The second-order valence-corrected chi connectivity index (χ2v) is 7.95. The van der Waals surface area contributed by atoms with Gasteiger partial charge in [0.05, 0.1) is 6.10 Å². The number of benzene rings is 3. The lowest BCUT2D eigenvalue weighted by atomic mass is 10.1. The van der Waals surface area contributed by atoms with Crippen LogP contribution in [0.5, 0.6) is 11.5 Å². The number of amides is 1. The molecule has 0 unspecified atom stereocenters. The molecule has 0 bridgehead atoms. The number of rotatable bonds is 7. The molecule has 3 aromatic rings. The molecule has 0 aromatic heterocycles. The lowest BCUT2D eigenvalue weighted by molar-refractivity contribution is 0.0792. The van der Waals surface area contributed by atoms with Gasteiger partial charge in [0.15, 0.2) is 0 Å². The molecule has 1 fully saturated rings. The third kappa shape index (κ3) is 6.17. The molecule has 3 aromatic carbocycles. The molecule has 1 aliphatic heterocycles. The topological polar surface area (TPSA) is 61.8 Å². The number of carbonyl (C=O) groups is 1. The normalized spacial score (nSPS) is 14.9. The molecule has 4 rings (SSSR count). The van der Waals surface area contributed by atoms with Crippen LogP contribution in [-0.4, -0.2) is 35.1 Å². The zero-order valence-electron chi connectivity index (χ0n) is 17.5. The van der Waals surface area contributed by atoms with Gasteiger partial charge in [-0.25, -0.2) is 0 Å². The predicted molar refractivity (Wildman–Crippen MR) is 121 cm³/mol. The number of para-hydroxylation sites is 1. The van der Waals surface area contributed by atoms with E-state index in [-0.39, 0.29) is 12.0 Å².